The van der Waals surface area contributed by atoms with E-state index in [1.807, 2.05) is 43.3 Å². The van der Waals surface area contributed by atoms with Crippen LogP contribution in [0.2, 0.25) is 0 Å². The second kappa shape index (κ2) is 7.87. The number of aryl methyl sites for hydroxylation is 1. The molecular formula is C23H27N2O4+. The molecule has 2 atom stereocenters. The van der Waals surface area contributed by atoms with Crippen molar-refractivity contribution in [1.82, 2.24) is 0 Å². The van der Waals surface area contributed by atoms with Crippen LogP contribution in [0.15, 0.2) is 36.4 Å². The Morgan fingerprint density at radius 3 is 2.66 bits per heavy atom. The molecular weight excluding hydrogens is 368 g/mol. The highest BCUT2D eigenvalue weighted by Crippen LogP contribution is 2.33. The number of ether oxygens (including phenoxy) is 2. The molecule has 1 N–H and O–H groups in total. The zero-order chi connectivity index (χ0) is 20.5. The number of fused-ring (bicyclic) bond motifs is 1. The Morgan fingerprint density at radius 2 is 1.93 bits per heavy atom. The number of rotatable bonds is 6. The van der Waals surface area contributed by atoms with Crippen molar-refractivity contribution in [3.05, 3.63) is 53.1 Å². The summed E-state index contributed by atoms with van der Waals surface area (Å²) in [6.07, 6.45) is 2.91. The van der Waals surface area contributed by atoms with Gasteiger partial charge in [0, 0.05) is 18.9 Å². The molecule has 0 bridgehead atoms. The van der Waals surface area contributed by atoms with Crippen LogP contribution in [-0.2, 0) is 11.2 Å². The molecule has 0 saturated carbocycles. The first-order valence-corrected chi connectivity index (χ1v) is 10.1. The minimum absolute atomic E-state index is 0.206. The van der Waals surface area contributed by atoms with E-state index >= 15 is 0 Å². The zero-order valence-corrected chi connectivity index (χ0v) is 17.2. The molecule has 4 rings (SSSR count). The smallest absolute Gasteiger partial charge is 0.303 e. The number of methoxy groups -OCH3 is 2. The number of hydrogen-bond acceptors (Lipinski definition) is 4. The SMILES string of the molecule is CCc1ccc2c(c1)C(=O)C(=O)N2C[NH+]1CCC[C@@H]1c1ccc(OC)cc1OC. The lowest BCUT2D eigenvalue weighted by molar-refractivity contribution is -0.917. The number of Topliss-reactive ketones (excluding diaryl/α,β-unsaturated/α-hetero) is 1. The summed E-state index contributed by atoms with van der Waals surface area (Å²) in [6.45, 7) is 3.46. The standard InChI is InChI=1S/C23H26N2O4/c1-4-15-7-10-20-18(12-15)22(26)23(27)25(20)14-24-11-5-6-19(24)17-9-8-16(28-2)13-21(17)29-3/h7-10,12-13,19H,4-6,11,14H2,1-3H3/p+1/t19-/m1/s1. The average molecular weight is 395 g/mol. The van der Waals surface area contributed by atoms with Crippen molar-refractivity contribution in [3.8, 4) is 11.5 Å². The zero-order valence-electron chi connectivity index (χ0n) is 17.2. The maximum atomic E-state index is 12.7. The van der Waals surface area contributed by atoms with E-state index in [0.29, 0.717) is 12.2 Å². The van der Waals surface area contributed by atoms with Crippen LogP contribution in [0, 0.1) is 0 Å². The van der Waals surface area contributed by atoms with Crippen LogP contribution >= 0.6 is 0 Å². The molecule has 1 fully saturated rings. The van der Waals surface area contributed by atoms with Gasteiger partial charge >= 0.3 is 5.91 Å². The van der Waals surface area contributed by atoms with Crippen molar-refractivity contribution in [2.75, 3.05) is 32.3 Å². The maximum Gasteiger partial charge on any atom is 0.303 e. The molecule has 6 nitrogen and oxygen atoms in total. The van der Waals surface area contributed by atoms with E-state index < -0.39 is 11.7 Å². The summed E-state index contributed by atoms with van der Waals surface area (Å²) >= 11 is 0. The lowest BCUT2D eigenvalue weighted by Gasteiger charge is -2.27. The monoisotopic (exact) mass is 395 g/mol. The number of amides is 1. The number of likely N-dealkylation sites (tertiary alicyclic amines) is 1. The van der Waals surface area contributed by atoms with Gasteiger partial charge in [-0.15, -0.1) is 0 Å². The van der Waals surface area contributed by atoms with Crippen LogP contribution < -0.4 is 19.3 Å². The number of carbonyl (C=O) groups is 2. The molecule has 6 heteroatoms. The van der Waals surface area contributed by atoms with E-state index in [1.54, 1.807) is 19.1 Å². The van der Waals surface area contributed by atoms with Gasteiger partial charge in [0.25, 0.3) is 5.78 Å². The molecule has 2 aromatic carbocycles. The van der Waals surface area contributed by atoms with Gasteiger partial charge in [0.05, 0.1) is 37.6 Å². The highest BCUT2D eigenvalue weighted by molar-refractivity contribution is 6.52. The van der Waals surface area contributed by atoms with E-state index in [2.05, 4.69) is 0 Å². The molecule has 1 amide bonds. The van der Waals surface area contributed by atoms with E-state index in [1.165, 1.54) is 4.90 Å². The average Bonchev–Trinajstić information content (AvgIpc) is 3.31. The van der Waals surface area contributed by atoms with Gasteiger partial charge in [0.1, 0.15) is 17.5 Å². The molecule has 152 valence electrons. The first-order valence-electron chi connectivity index (χ1n) is 10.1. The fraction of sp³-hybridized carbons (Fsp3) is 0.391. The molecule has 2 aliphatic rings. The quantitative estimate of drug-likeness (QED) is 0.762. The van der Waals surface area contributed by atoms with Crippen molar-refractivity contribution in [2.24, 2.45) is 0 Å². The van der Waals surface area contributed by atoms with E-state index in [4.69, 9.17) is 9.47 Å². The van der Waals surface area contributed by atoms with Crippen LogP contribution in [0.3, 0.4) is 0 Å². The van der Waals surface area contributed by atoms with Crippen LogP contribution in [-0.4, -0.2) is 39.1 Å². The number of benzene rings is 2. The lowest BCUT2D eigenvalue weighted by atomic mass is 10.0. The molecule has 2 aliphatic heterocycles. The highest BCUT2D eigenvalue weighted by Gasteiger charge is 2.41. The van der Waals surface area contributed by atoms with Crippen molar-refractivity contribution in [1.29, 1.82) is 0 Å². The maximum absolute atomic E-state index is 12.7. The van der Waals surface area contributed by atoms with Gasteiger partial charge in [-0.2, -0.15) is 0 Å². The summed E-state index contributed by atoms with van der Waals surface area (Å²) in [5, 5.41) is 0. The molecule has 0 aromatic heterocycles. The third kappa shape index (κ3) is 3.38. The van der Waals surface area contributed by atoms with Crippen molar-refractivity contribution in [3.63, 3.8) is 0 Å². The minimum atomic E-state index is -0.423. The number of hydrogen-bond donors (Lipinski definition) is 1. The Hall–Kier alpha value is -2.86. The second-order valence-corrected chi connectivity index (χ2v) is 7.64. The predicted molar refractivity (Wildman–Crippen MR) is 110 cm³/mol. The molecule has 1 saturated heterocycles. The Morgan fingerprint density at radius 1 is 1.10 bits per heavy atom. The first-order chi connectivity index (χ1) is 14.1. The summed E-state index contributed by atoms with van der Waals surface area (Å²) in [5.74, 6) is 0.734. The number of anilines is 1. The minimum Gasteiger partial charge on any atom is -0.497 e. The van der Waals surface area contributed by atoms with E-state index in [0.717, 1.165) is 54.1 Å². The van der Waals surface area contributed by atoms with E-state index in [9.17, 15) is 9.59 Å². The van der Waals surface area contributed by atoms with Crippen LogP contribution in [0.4, 0.5) is 5.69 Å². The second-order valence-electron chi connectivity index (χ2n) is 7.64. The Balaban J connectivity index is 1.62. The third-order valence-corrected chi connectivity index (χ3v) is 6.10. The summed E-state index contributed by atoms with van der Waals surface area (Å²) in [5.41, 5.74) is 3.45. The number of nitrogens with zero attached hydrogens (tertiary/aromatic N) is 1. The number of nitrogens with one attached hydrogen (secondary N) is 1. The first kappa shape index (κ1) is 19.5. The highest BCUT2D eigenvalue weighted by atomic mass is 16.5. The van der Waals surface area contributed by atoms with Crippen molar-refractivity contribution >= 4 is 17.4 Å². The molecule has 0 aliphatic carbocycles. The number of quaternary nitrogens is 1. The summed E-state index contributed by atoms with van der Waals surface area (Å²) < 4.78 is 10.9. The molecule has 1 unspecified atom stereocenters. The van der Waals surface area contributed by atoms with Gasteiger partial charge in [-0.3, -0.25) is 14.5 Å². The largest absolute Gasteiger partial charge is 0.497 e. The molecule has 2 heterocycles. The van der Waals surface area contributed by atoms with Gasteiger partial charge in [-0.1, -0.05) is 13.0 Å². The summed E-state index contributed by atoms with van der Waals surface area (Å²) in [4.78, 5) is 28.2. The molecule has 0 radical (unpaired) electrons. The van der Waals surface area contributed by atoms with Gasteiger partial charge < -0.3 is 14.4 Å². The normalized spacial score (nSPS) is 20.9. The molecule has 29 heavy (non-hydrogen) atoms. The topological polar surface area (TPSA) is 60.3 Å². The molecule has 2 aromatic rings. The summed E-state index contributed by atoms with van der Waals surface area (Å²) in [7, 11) is 3.30. The Labute approximate surface area is 171 Å². The van der Waals surface area contributed by atoms with E-state index in [-0.39, 0.29) is 6.04 Å². The fourth-order valence-corrected chi connectivity index (χ4v) is 4.51. The van der Waals surface area contributed by atoms with Crippen LogP contribution in [0.25, 0.3) is 0 Å². The fourth-order valence-electron chi connectivity index (χ4n) is 4.51. The third-order valence-electron chi connectivity index (χ3n) is 6.10. The number of carbonyl (C=O) groups excluding carboxylic acids is 2. The summed E-state index contributed by atoms with van der Waals surface area (Å²) in [6, 6.07) is 11.9. The van der Waals surface area contributed by atoms with Gasteiger partial charge in [-0.05, 0) is 36.2 Å². The lowest BCUT2D eigenvalue weighted by Crippen LogP contribution is -3.12. The van der Waals surface area contributed by atoms with Crippen LogP contribution in [0.1, 0.15) is 47.3 Å². The molecule has 0 spiro atoms. The van der Waals surface area contributed by atoms with Crippen molar-refractivity contribution in [2.45, 2.75) is 32.2 Å². The van der Waals surface area contributed by atoms with Gasteiger partial charge in [0.2, 0.25) is 0 Å². The van der Waals surface area contributed by atoms with Gasteiger partial charge in [-0.25, -0.2) is 0 Å². The Bertz CT molecular complexity index is 956. The Kier molecular flexibility index (Phi) is 5.28. The predicted octanol–water partition coefficient (Wildman–Crippen LogP) is 2.17. The van der Waals surface area contributed by atoms with Gasteiger partial charge in [0.15, 0.2) is 6.67 Å². The van der Waals surface area contributed by atoms with Crippen LogP contribution in [0.5, 0.6) is 11.5 Å². The number of ketones is 1. The van der Waals surface area contributed by atoms with Crippen molar-refractivity contribution < 1.29 is 24.0 Å².